The third-order valence-electron chi connectivity index (χ3n) is 4.16. The molecule has 0 N–H and O–H groups in total. The van der Waals surface area contributed by atoms with Gasteiger partial charge in [0.05, 0.1) is 0 Å². The van der Waals surface area contributed by atoms with Crippen molar-refractivity contribution in [3.8, 4) is 6.07 Å². The zero-order valence-corrected chi connectivity index (χ0v) is 13.4. The van der Waals surface area contributed by atoms with Gasteiger partial charge in [0, 0.05) is 11.1 Å². The number of fused-ring (bicyclic) bond motifs is 2. The number of nitriles is 1. The summed E-state index contributed by atoms with van der Waals surface area (Å²) in [5, 5.41) is 10.4. The van der Waals surface area contributed by atoms with Crippen LogP contribution in [-0.2, 0) is 18.3 Å². The molecule has 2 aromatic rings. The first-order valence-electron chi connectivity index (χ1n) is 7.26. The number of rotatable bonds is 0. The predicted molar refractivity (Wildman–Crippen MR) is 84.2 cm³/mol. The van der Waals surface area contributed by atoms with E-state index in [0.29, 0.717) is 0 Å². The molecule has 2 nitrogen and oxygen atoms in total. The molecule has 1 atom stereocenters. The molecule has 0 saturated carbocycles. The fraction of sp³-hybridized carbons (Fsp3) is 0.529. The second-order valence-electron chi connectivity index (χ2n) is 6.95. The maximum atomic E-state index is 9.17. The highest BCUT2D eigenvalue weighted by Gasteiger charge is 2.28. The third kappa shape index (κ3) is 2.13. The summed E-state index contributed by atoms with van der Waals surface area (Å²) >= 11 is 1.53. The van der Waals surface area contributed by atoms with Crippen LogP contribution in [0.4, 0.5) is 0 Å². The van der Waals surface area contributed by atoms with Gasteiger partial charge in [0.2, 0.25) is 0 Å². The normalized spacial score (nSPS) is 18.9. The topological polar surface area (TPSA) is 36.7 Å². The second kappa shape index (κ2) is 4.56. The van der Waals surface area contributed by atoms with Crippen LogP contribution in [-0.4, -0.2) is 4.98 Å². The summed E-state index contributed by atoms with van der Waals surface area (Å²) in [4.78, 5) is 6.69. The maximum Gasteiger partial charge on any atom is 0.125 e. The third-order valence-corrected chi connectivity index (χ3v) is 5.09. The Kier molecular flexibility index (Phi) is 3.10. The Morgan fingerprint density at radius 2 is 2.15 bits per heavy atom. The number of aromatic nitrogens is 1. The van der Waals surface area contributed by atoms with Gasteiger partial charge in [0.15, 0.2) is 0 Å². The van der Waals surface area contributed by atoms with E-state index in [0.717, 1.165) is 28.5 Å². The van der Waals surface area contributed by atoms with Crippen LogP contribution < -0.4 is 0 Å². The number of hydrogen-bond donors (Lipinski definition) is 0. The predicted octanol–water partition coefficient (Wildman–Crippen LogP) is 4.59. The molecule has 3 heteroatoms. The molecular formula is C17H20N2S. The van der Waals surface area contributed by atoms with Crippen molar-refractivity contribution in [1.82, 2.24) is 4.98 Å². The van der Waals surface area contributed by atoms with Gasteiger partial charge in [0.1, 0.15) is 15.8 Å². The Labute approximate surface area is 124 Å². The lowest BCUT2D eigenvalue weighted by atomic mass is 9.76. The van der Waals surface area contributed by atoms with E-state index >= 15 is 0 Å². The molecule has 0 fully saturated rings. The van der Waals surface area contributed by atoms with Crippen molar-refractivity contribution in [2.24, 2.45) is 5.92 Å². The standard InChI is InChI=1S/C17H20N2S/c1-10-5-6-12-14(7-10)19-16-13(8-11(9-18)20-16)15(12)17(2,3)4/h8,10H,5-7H2,1-4H3. The highest BCUT2D eigenvalue weighted by atomic mass is 32.1. The first-order chi connectivity index (χ1) is 9.40. The van der Waals surface area contributed by atoms with Crippen LogP contribution in [0.2, 0.25) is 0 Å². The highest BCUT2D eigenvalue weighted by Crippen LogP contribution is 2.40. The van der Waals surface area contributed by atoms with Crippen LogP contribution in [0.1, 0.15) is 55.8 Å². The molecule has 0 amide bonds. The molecule has 0 aliphatic heterocycles. The van der Waals surface area contributed by atoms with Crippen LogP contribution in [0.5, 0.6) is 0 Å². The Bertz CT molecular complexity index is 713. The van der Waals surface area contributed by atoms with E-state index in [1.54, 1.807) is 0 Å². The average Bonchev–Trinajstić information content (AvgIpc) is 2.76. The Morgan fingerprint density at radius 1 is 1.40 bits per heavy atom. The molecule has 1 aliphatic carbocycles. The first-order valence-corrected chi connectivity index (χ1v) is 8.07. The van der Waals surface area contributed by atoms with Gasteiger partial charge in [-0.3, -0.25) is 0 Å². The van der Waals surface area contributed by atoms with E-state index in [4.69, 9.17) is 4.98 Å². The summed E-state index contributed by atoms with van der Waals surface area (Å²) in [6.45, 7) is 9.11. The van der Waals surface area contributed by atoms with Gasteiger partial charge in [-0.2, -0.15) is 5.26 Å². The smallest absolute Gasteiger partial charge is 0.125 e. The van der Waals surface area contributed by atoms with E-state index < -0.39 is 0 Å². The van der Waals surface area contributed by atoms with Crippen molar-refractivity contribution in [2.45, 2.75) is 52.4 Å². The lowest BCUT2D eigenvalue weighted by Crippen LogP contribution is -2.21. The minimum atomic E-state index is 0.0969. The van der Waals surface area contributed by atoms with Gasteiger partial charge in [-0.1, -0.05) is 27.7 Å². The van der Waals surface area contributed by atoms with Crippen molar-refractivity contribution in [3.63, 3.8) is 0 Å². The van der Waals surface area contributed by atoms with Crippen molar-refractivity contribution >= 4 is 21.6 Å². The van der Waals surface area contributed by atoms with Gasteiger partial charge >= 0.3 is 0 Å². The molecule has 2 heterocycles. The van der Waals surface area contributed by atoms with Crippen molar-refractivity contribution in [1.29, 1.82) is 5.26 Å². The summed E-state index contributed by atoms with van der Waals surface area (Å²) in [5.74, 6) is 0.718. The SMILES string of the molecule is CC1CCc2c(nc3sc(C#N)cc3c2C(C)(C)C)C1. The van der Waals surface area contributed by atoms with Crippen LogP contribution in [0.15, 0.2) is 6.07 Å². The molecule has 2 aromatic heterocycles. The van der Waals surface area contributed by atoms with Crippen LogP contribution in [0, 0.1) is 17.2 Å². The Hall–Kier alpha value is -1.40. The van der Waals surface area contributed by atoms with E-state index in [2.05, 4.69) is 33.8 Å². The van der Waals surface area contributed by atoms with Gasteiger partial charge < -0.3 is 0 Å². The monoisotopic (exact) mass is 284 g/mol. The number of hydrogen-bond acceptors (Lipinski definition) is 3. The molecule has 3 rings (SSSR count). The van der Waals surface area contributed by atoms with Crippen molar-refractivity contribution < 1.29 is 0 Å². The van der Waals surface area contributed by atoms with Crippen LogP contribution in [0.3, 0.4) is 0 Å². The first kappa shape index (κ1) is 13.6. The second-order valence-corrected chi connectivity index (χ2v) is 7.98. The number of thiophene rings is 1. The van der Waals surface area contributed by atoms with E-state index in [1.807, 2.05) is 6.07 Å². The van der Waals surface area contributed by atoms with Crippen molar-refractivity contribution in [2.75, 3.05) is 0 Å². The van der Waals surface area contributed by atoms with E-state index in [9.17, 15) is 5.26 Å². The quantitative estimate of drug-likeness (QED) is 0.709. The van der Waals surface area contributed by atoms with E-state index in [1.165, 1.54) is 40.0 Å². The zero-order chi connectivity index (χ0) is 14.5. The van der Waals surface area contributed by atoms with Crippen molar-refractivity contribution in [3.05, 3.63) is 27.8 Å². The zero-order valence-electron chi connectivity index (χ0n) is 12.6. The molecule has 0 radical (unpaired) electrons. The fourth-order valence-corrected chi connectivity index (χ4v) is 4.17. The summed E-state index contributed by atoms with van der Waals surface area (Å²) in [7, 11) is 0. The van der Waals surface area contributed by atoms with E-state index in [-0.39, 0.29) is 5.41 Å². The molecule has 104 valence electrons. The van der Waals surface area contributed by atoms with Gasteiger partial charge in [-0.05, 0) is 47.8 Å². The van der Waals surface area contributed by atoms with Crippen LogP contribution in [0.25, 0.3) is 10.2 Å². The summed E-state index contributed by atoms with van der Waals surface area (Å²) < 4.78 is 0. The number of nitrogens with zero attached hydrogens (tertiary/aromatic N) is 2. The summed E-state index contributed by atoms with van der Waals surface area (Å²) in [6.07, 6.45) is 3.45. The van der Waals surface area contributed by atoms with Crippen LogP contribution >= 0.6 is 11.3 Å². The molecule has 0 spiro atoms. The van der Waals surface area contributed by atoms with Gasteiger partial charge in [-0.15, -0.1) is 11.3 Å². The molecule has 0 saturated heterocycles. The lowest BCUT2D eigenvalue weighted by molar-refractivity contribution is 0.482. The molecule has 1 unspecified atom stereocenters. The van der Waals surface area contributed by atoms with Gasteiger partial charge in [-0.25, -0.2) is 4.98 Å². The summed E-state index contributed by atoms with van der Waals surface area (Å²) in [6, 6.07) is 4.31. The molecule has 1 aliphatic rings. The largest absolute Gasteiger partial charge is 0.242 e. The minimum Gasteiger partial charge on any atom is -0.242 e. The number of pyridine rings is 1. The molecule has 0 aromatic carbocycles. The van der Waals surface area contributed by atoms with Gasteiger partial charge in [0.25, 0.3) is 0 Å². The molecule has 20 heavy (non-hydrogen) atoms. The Morgan fingerprint density at radius 3 is 2.80 bits per heavy atom. The highest BCUT2D eigenvalue weighted by molar-refractivity contribution is 7.19. The lowest BCUT2D eigenvalue weighted by Gasteiger charge is -2.29. The maximum absolute atomic E-state index is 9.17. The fourth-order valence-electron chi connectivity index (χ4n) is 3.31. The minimum absolute atomic E-state index is 0.0969. The summed E-state index contributed by atoms with van der Waals surface area (Å²) in [5.41, 5.74) is 4.24. The average molecular weight is 284 g/mol. The molecular weight excluding hydrogens is 264 g/mol. The Balaban J connectivity index is 2.36. The molecule has 0 bridgehead atoms.